The number of hydrogen-bond acceptors (Lipinski definition) is 5. The van der Waals surface area contributed by atoms with Crippen molar-refractivity contribution in [1.29, 1.82) is 5.41 Å². The summed E-state index contributed by atoms with van der Waals surface area (Å²) in [6.45, 7) is 14.0. The minimum absolute atomic E-state index is 0.192. The van der Waals surface area contributed by atoms with Gasteiger partial charge in [-0.1, -0.05) is 25.6 Å². The molecule has 0 spiro atoms. The molecule has 0 unspecified atom stereocenters. The number of fused-ring (bicyclic) bond motifs is 1. The summed E-state index contributed by atoms with van der Waals surface area (Å²) in [6.07, 6.45) is 0. The fourth-order valence-corrected chi connectivity index (χ4v) is 4.28. The average molecular weight is 423 g/mol. The normalized spacial score (nSPS) is 16.8. The van der Waals surface area contributed by atoms with Crippen LogP contribution in [0.2, 0.25) is 0 Å². The van der Waals surface area contributed by atoms with E-state index in [0.717, 1.165) is 60.9 Å². The van der Waals surface area contributed by atoms with Gasteiger partial charge in [0, 0.05) is 56.2 Å². The summed E-state index contributed by atoms with van der Waals surface area (Å²) < 4.78 is 13.6. The van der Waals surface area contributed by atoms with E-state index in [0.29, 0.717) is 30.2 Å². The third-order valence-electron chi connectivity index (χ3n) is 6.28. The van der Waals surface area contributed by atoms with Crippen molar-refractivity contribution in [2.45, 2.75) is 26.9 Å². The Morgan fingerprint density at radius 2 is 1.94 bits per heavy atom. The lowest BCUT2D eigenvalue weighted by Crippen LogP contribution is -2.48. The topological polar surface area (TPSA) is 71.6 Å². The van der Waals surface area contributed by atoms with Gasteiger partial charge in [-0.15, -0.1) is 0 Å². The molecule has 0 radical (unpaired) electrons. The molecule has 2 aliphatic heterocycles. The maximum Gasteiger partial charge on any atom is 0.130 e. The second-order valence-corrected chi connectivity index (χ2v) is 8.38. The molecule has 0 bridgehead atoms. The molecule has 0 amide bonds. The Morgan fingerprint density at radius 1 is 1.19 bits per heavy atom. The van der Waals surface area contributed by atoms with Crippen molar-refractivity contribution < 1.29 is 4.39 Å². The minimum Gasteiger partial charge on any atom is -0.398 e. The fraction of sp³-hybridized carbons (Fsp3) is 0.375. The molecule has 0 atom stereocenters. The molecular weight excluding hydrogens is 391 g/mol. The molecule has 164 valence electrons. The minimum atomic E-state index is -0.192. The molecule has 2 aromatic carbocycles. The number of nitrogens with two attached hydrogens (primary N) is 1. The van der Waals surface area contributed by atoms with E-state index in [9.17, 15) is 4.39 Å². The lowest BCUT2D eigenvalue weighted by molar-refractivity contribution is 0.189. The maximum atomic E-state index is 13.6. The molecule has 31 heavy (non-hydrogen) atoms. The zero-order valence-corrected chi connectivity index (χ0v) is 18.3. The quantitative estimate of drug-likeness (QED) is 0.399. The maximum absolute atomic E-state index is 13.6. The lowest BCUT2D eigenvalue weighted by atomic mass is 10.0. The number of nitrogens with zero attached hydrogens (tertiary/aromatic N) is 3. The number of nitrogens with one attached hydrogen (secondary N) is 2. The van der Waals surface area contributed by atoms with E-state index in [4.69, 9.17) is 11.1 Å². The van der Waals surface area contributed by atoms with Crippen LogP contribution in [0.1, 0.15) is 29.2 Å². The second kappa shape index (κ2) is 8.59. The van der Waals surface area contributed by atoms with Crippen LogP contribution in [0, 0.1) is 18.2 Å². The third kappa shape index (κ3) is 4.37. The Kier molecular flexibility index (Phi) is 5.87. The Balaban J connectivity index is 1.53. The first-order valence-corrected chi connectivity index (χ1v) is 10.8. The van der Waals surface area contributed by atoms with Crippen LogP contribution in [0.3, 0.4) is 0 Å². The van der Waals surface area contributed by atoms with Crippen molar-refractivity contribution in [3.8, 4) is 0 Å². The number of rotatable bonds is 4. The first-order valence-electron chi connectivity index (χ1n) is 10.8. The molecule has 7 heteroatoms. The van der Waals surface area contributed by atoms with Gasteiger partial charge in [0.25, 0.3) is 0 Å². The molecule has 1 saturated heterocycles. The summed E-state index contributed by atoms with van der Waals surface area (Å²) in [6, 6.07) is 9.13. The molecule has 0 saturated carbocycles. The van der Waals surface area contributed by atoms with Crippen LogP contribution in [-0.2, 0) is 13.1 Å². The highest BCUT2D eigenvalue weighted by atomic mass is 19.1. The summed E-state index contributed by atoms with van der Waals surface area (Å²) >= 11 is 0. The number of nitrogen functional groups attached to an aromatic ring is 1. The molecular formula is C24H31FN6. The van der Waals surface area contributed by atoms with Crippen LogP contribution < -0.4 is 11.1 Å². The van der Waals surface area contributed by atoms with Gasteiger partial charge in [-0.25, -0.2) is 4.39 Å². The summed E-state index contributed by atoms with van der Waals surface area (Å²) in [7, 11) is 0. The highest BCUT2D eigenvalue weighted by Crippen LogP contribution is 2.32. The number of piperazine rings is 1. The highest BCUT2D eigenvalue weighted by molar-refractivity contribution is 6.02. The predicted molar refractivity (Wildman–Crippen MR) is 125 cm³/mol. The monoisotopic (exact) mass is 422 g/mol. The van der Waals surface area contributed by atoms with E-state index in [1.54, 1.807) is 6.92 Å². The Bertz CT molecular complexity index is 1010. The summed E-state index contributed by atoms with van der Waals surface area (Å²) in [4.78, 5) is 6.63. The highest BCUT2D eigenvalue weighted by Gasteiger charge is 2.24. The summed E-state index contributed by atoms with van der Waals surface area (Å²) in [5.41, 5.74) is 11.4. The first kappa shape index (κ1) is 21.2. The molecule has 4 rings (SSSR count). The van der Waals surface area contributed by atoms with Gasteiger partial charge in [0.2, 0.25) is 0 Å². The van der Waals surface area contributed by atoms with Gasteiger partial charge in [0.05, 0.1) is 5.82 Å². The number of benzene rings is 2. The van der Waals surface area contributed by atoms with Crippen LogP contribution in [0.25, 0.3) is 0 Å². The van der Waals surface area contributed by atoms with Crippen LogP contribution in [0.5, 0.6) is 0 Å². The van der Waals surface area contributed by atoms with Crippen molar-refractivity contribution >= 4 is 17.2 Å². The van der Waals surface area contributed by atoms with E-state index in [2.05, 4.69) is 33.5 Å². The third-order valence-corrected chi connectivity index (χ3v) is 6.28. The van der Waals surface area contributed by atoms with Crippen molar-refractivity contribution in [2.75, 3.05) is 43.8 Å². The molecule has 6 nitrogen and oxygen atoms in total. The van der Waals surface area contributed by atoms with Crippen LogP contribution in [0.4, 0.5) is 15.8 Å². The number of anilines is 2. The van der Waals surface area contributed by atoms with Crippen LogP contribution in [-0.4, -0.2) is 53.3 Å². The van der Waals surface area contributed by atoms with Crippen molar-refractivity contribution in [1.82, 2.24) is 14.7 Å². The number of halogens is 1. The Labute approximate surface area is 183 Å². The fourth-order valence-electron chi connectivity index (χ4n) is 4.28. The lowest BCUT2D eigenvalue weighted by Gasteiger charge is -2.37. The van der Waals surface area contributed by atoms with E-state index < -0.39 is 0 Å². The van der Waals surface area contributed by atoms with Gasteiger partial charge < -0.3 is 25.8 Å². The number of hydrogen-bond donors (Lipinski definition) is 3. The molecule has 2 aromatic rings. The van der Waals surface area contributed by atoms with Crippen molar-refractivity contribution in [3.05, 3.63) is 70.8 Å². The SMILES string of the molecule is C=C1Nc2cc(N)c(C(=N)N3CCN(CC)CC3)cc2CN1Cc1ccc(F)c(C)c1. The average Bonchev–Trinajstić information content (AvgIpc) is 2.76. The van der Waals surface area contributed by atoms with E-state index >= 15 is 0 Å². The Hall–Kier alpha value is -3.06. The van der Waals surface area contributed by atoms with Crippen molar-refractivity contribution in [3.63, 3.8) is 0 Å². The largest absolute Gasteiger partial charge is 0.398 e. The van der Waals surface area contributed by atoms with Crippen LogP contribution in [0.15, 0.2) is 42.7 Å². The van der Waals surface area contributed by atoms with Gasteiger partial charge in [0.15, 0.2) is 0 Å². The standard InChI is InChI=1S/C24H31FN6/c1-4-29-7-9-30(10-8-29)24(27)20-12-19-15-31(17(3)28-23(19)13-22(20)26)14-18-5-6-21(25)16(2)11-18/h5-6,11-13,27-28H,3-4,7-10,14-15,26H2,1-2H3. The first-order chi connectivity index (χ1) is 14.9. The van der Waals surface area contributed by atoms with Crippen molar-refractivity contribution in [2.24, 2.45) is 0 Å². The predicted octanol–water partition coefficient (Wildman–Crippen LogP) is 3.58. The zero-order valence-electron chi connectivity index (χ0n) is 18.3. The second-order valence-electron chi connectivity index (χ2n) is 8.38. The van der Waals surface area contributed by atoms with Crippen LogP contribution >= 0.6 is 0 Å². The Morgan fingerprint density at radius 3 is 2.61 bits per heavy atom. The zero-order chi connectivity index (χ0) is 22.1. The van der Waals surface area contributed by atoms with E-state index in [-0.39, 0.29) is 5.82 Å². The van der Waals surface area contributed by atoms with Gasteiger partial charge in [0.1, 0.15) is 11.7 Å². The molecule has 0 aliphatic carbocycles. The summed E-state index contributed by atoms with van der Waals surface area (Å²) in [5.74, 6) is 1.08. The summed E-state index contributed by atoms with van der Waals surface area (Å²) in [5, 5.41) is 12.1. The smallest absolute Gasteiger partial charge is 0.130 e. The molecule has 2 aliphatic rings. The van der Waals surface area contributed by atoms with Gasteiger partial charge >= 0.3 is 0 Å². The van der Waals surface area contributed by atoms with Gasteiger partial charge in [-0.3, -0.25) is 5.41 Å². The number of amidine groups is 1. The number of likely N-dealkylation sites (N-methyl/N-ethyl adjacent to an activating group) is 1. The molecule has 1 fully saturated rings. The number of aryl methyl sites for hydroxylation is 1. The van der Waals surface area contributed by atoms with E-state index in [1.807, 2.05) is 24.3 Å². The van der Waals surface area contributed by atoms with Gasteiger partial charge in [-0.2, -0.15) is 0 Å². The van der Waals surface area contributed by atoms with E-state index in [1.165, 1.54) is 6.07 Å². The molecule has 4 N–H and O–H groups in total. The molecule has 0 aromatic heterocycles. The van der Waals surface area contributed by atoms with Gasteiger partial charge in [-0.05, 0) is 48.4 Å². The molecule has 2 heterocycles.